The zero-order valence-electron chi connectivity index (χ0n) is 19.1. The highest BCUT2D eigenvalue weighted by molar-refractivity contribution is 5.95. The number of likely N-dealkylation sites (tertiary alicyclic amines) is 1. The number of pyridine rings is 1. The van der Waals surface area contributed by atoms with Crippen molar-refractivity contribution in [2.24, 2.45) is 5.92 Å². The van der Waals surface area contributed by atoms with E-state index < -0.39 is 0 Å². The van der Waals surface area contributed by atoms with Gasteiger partial charge in [-0.1, -0.05) is 28.9 Å². The highest BCUT2D eigenvalue weighted by atomic mass is 16.2. The van der Waals surface area contributed by atoms with Gasteiger partial charge in [0.05, 0.1) is 0 Å². The van der Waals surface area contributed by atoms with Crippen molar-refractivity contribution in [3.05, 3.63) is 58.6 Å². The fraction of sp³-hybridized carbons (Fsp3) is 0.500. The van der Waals surface area contributed by atoms with Crippen LogP contribution in [0.3, 0.4) is 0 Å². The minimum Gasteiger partial charge on any atom is -0.347 e. The van der Waals surface area contributed by atoms with Gasteiger partial charge in [-0.25, -0.2) is 4.98 Å². The molecule has 6 heteroatoms. The fourth-order valence-corrected chi connectivity index (χ4v) is 5.57. The average Bonchev–Trinajstić information content (AvgIpc) is 3.31. The van der Waals surface area contributed by atoms with Crippen LogP contribution in [0.5, 0.6) is 0 Å². The Labute approximate surface area is 189 Å². The summed E-state index contributed by atoms with van der Waals surface area (Å²) in [5.41, 5.74) is 6.00. The molecule has 0 radical (unpaired) electrons. The van der Waals surface area contributed by atoms with Gasteiger partial charge in [0.15, 0.2) is 0 Å². The van der Waals surface area contributed by atoms with Crippen molar-refractivity contribution in [1.82, 2.24) is 19.6 Å². The van der Waals surface area contributed by atoms with Crippen LogP contribution < -0.4 is 5.32 Å². The molecule has 2 bridgehead atoms. The zero-order chi connectivity index (χ0) is 22.2. The Bertz CT molecular complexity index is 1130. The van der Waals surface area contributed by atoms with Crippen LogP contribution in [-0.2, 0) is 0 Å². The number of carbonyl (C=O) groups is 2. The largest absolute Gasteiger partial charge is 0.347 e. The number of fused-ring (bicyclic) bond motifs is 3. The Morgan fingerprint density at radius 3 is 2.91 bits per heavy atom. The number of carbonyl (C=O) groups excluding carboxylic acids is 2. The number of aromatic nitrogens is 2. The van der Waals surface area contributed by atoms with Crippen LogP contribution in [0.25, 0.3) is 5.65 Å². The molecular weight excluding hydrogens is 400 g/mol. The highest BCUT2D eigenvalue weighted by Crippen LogP contribution is 2.39. The standard InChI is InChI=1S/C26H32N4O2/c1-17-12-20-13-19(9-10-21(17)14-20)15-27-25(31)23-7-5-8-24-28-22(16-30(23)24)26(32)29-11-4-3-6-18(29)2/h5,7-9,16,18,20H,3-4,6,10-15H2,1-2H3,(H,27,31)/t18-,20?/m0/s1. The summed E-state index contributed by atoms with van der Waals surface area (Å²) in [5, 5.41) is 3.10. The predicted molar refractivity (Wildman–Crippen MR) is 125 cm³/mol. The van der Waals surface area contributed by atoms with Crippen LogP contribution in [0.15, 0.2) is 47.2 Å². The summed E-state index contributed by atoms with van der Waals surface area (Å²) in [6.07, 6.45) is 11.7. The normalized spacial score (nSPS) is 23.3. The predicted octanol–water partition coefficient (Wildman–Crippen LogP) is 4.53. The second-order valence-corrected chi connectivity index (χ2v) is 9.72. The summed E-state index contributed by atoms with van der Waals surface area (Å²) >= 11 is 0. The fourth-order valence-electron chi connectivity index (χ4n) is 5.57. The van der Waals surface area contributed by atoms with Crippen molar-refractivity contribution < 1.29 is 9.59 Å². The van der Waals surface area contributed by atoms with Crippen molar-refractivity contribution in [3.63, 3.8) is 0 Å². The monoisotopic (exact) mass is 432 g/mol. The molecule has 1 unspecified atom stereocenters. The number of amides is 2. The second-order valence-electron chi connectivity index (χ2n) is 9.72. The summed E-state index contributed by atoms with van der Waals surface area (Å²) in [5.74, 6) is 0.512. The quantitative estimate of drug-likeness (QED) is 0.722. The van der Waals surface area contributed by atoms with E-state index in [-0.39, 0.29) is 17.9 Å². The van der Waals surface area contributed by atoms with Gasteiger partial charge >= 0.3 is 0 Å². The molecule has 0 spiro atoms. The maximum atomic E-state index is 13.0. The smallest absolute Gasteiger partial charge is 0.274 e. The molecule has 1 saturated heterocycles. The minimum absolute atomic E-state index is 0.0458. The Hall–Kier alpha value is -2.89. The lowest BCUT2D eigenvalue weighted by atomic mass is 9.96. The van der Waals surface area contributed by atoms with Crippen LogP contribution in [0.2, 0.25) is 0 Å². The molecule has 32 heavy (non-hydrogen) atoms. The van der Waals surface area contributed by atoms with Gasteiger partial charge in [0.2, 0.25) is 0 Å². The van der Waals surface area contributed by atoms with Gasteiger partial charge in [0.1, 0.15) is 17.0 Å². The first-order chi connectivity index (χ1) is 15.5. The first-order valence-electron chi connectivity index (χ1n) is 11.9. The molecule has 0 saturated carbocycles. The Morgan fingerprint density at radius 1 is 1.19 bits per heavy atom. The van der Waals surface area contributed by atoms with E-state index in [1.807, 2.05) is 17.0 Å². The third-order valence-electron chi connectivity index (χ3n) is 7.41. The summed E-state index contributed by atoms with van der Waals surface area (Å²) < 4.78 is 1.74. The molecule has 2 aromatic heterocycles. The molecule has 2 aromatic rings. The van der Waals surface area contributed by atoms with Crippen molar-refractivity contribution >= 4 is 17.5 Å². The van der Waals surface area contributed by atoms with Crippen LogP contribution >= 0.6 is 0 Å². The lowest BCUT2D eigenvalue weighted by molar-refractivity contribution is 0.0630. The average molecular weight is 433 g/mol. The first kappa shape index (κ1) is 21.0. The Kier molecular flexibility index (Phi) is 5.62. The van der Waals surface area contributed by atoms with E-state index >= 15 is 0 Å². The molecule has 2 atom stereocenters. The molecule has 1 N–H and O–H groups in total. The number of hydrogen-bond donors (Lipinski definition) is 1. The molecule has 0 aromatic carbocycles. The van der Waals surface area contributed by atoms with E-state index in [0.717, 1.165) is 38.6 Å². The van der Waals surface area contributed by atoms with Crippen molar-refractivity contribution in [2.75, 3.05) is 13.1 Å². The van der Waals surface area contributed by atoms with E-state index in [2.05, 4.69) is 30.2 Å². The molecule has 1 aliphatic heterocycles. The topological polar surface area (TPSA) is 66.7 Å². The summed E-state index contributed by atoms with van der Waals surface area (Å²) in [7, 11) is 0. The maximum absolute atomic E-state index is 13.0. The van der Waals surface area contributed by atoms with E-state index in [4.69, 9.17) is 0 Å². The number of piperidine rings is 1. The van der Waals surface area contributed by atoms with Crippen LogP contribution in [0.1, 0.15) is 79.8 Å². The molecule has 1 fully saturated rings. The number of imidazole rings is 1. The number of nitrogens with one attached hydrogen (secondary N) is 1. The molecule has 3 heterocycles. The number of nitrogens with zero attached hydrogens (tertiary/aromatic N) is 3. The molecular formula is C26H32N4O2. The molecule has 3 aliphatic rings. The number of rotatable bonds is 4. The molecule has 6 nitrogen and oxygen atoms in total. The maximum Gasteiger partial charge on any atom is 0.274 e. The molecule has 2 amide bonds. The molecule has 168 valence electrons. The summed E-state index contributed by atoms with van der Waals surface area (Å²) in [4.78, 5) is 32.5. The van der Waals surface area contributed by atoms with Gasteiger partial charge in [0.25, 0.3) is 11.8 Å². The summed E-state index contributed by atoms with van der Waals surface area (Å²) in [6.45, 7) is 5.70. The molecule has 2 aliphatic carbocycles. The zero-order valence-corrected chi connectivity index (χ0v) is 19.1. The molecule has 5 rings (SSSR count). The van der Waals surface area contributed by atoms with Gasteiger partial charge in [-0.05, 0) is 76.8 Å². The Balaban J connectivity index is 1.31. The van der Waals surface area contributed by atoms with Crippen LogP contribution in [0, 0.1) is 5.92 Å². The van der Waals surface area contributed by atoms with Gasteiger partial charge in [-0.15, -0.1) is 0 Å². The van der Waals surface area contributed by atoms with Gasteiger partial charge in [-0.3, -0.25) is 14.0 Å². The van der Waals surface area contributed by atoms with Gasteiger partial charge in [0, 0.05) is 25.3 Å². The van der Waals surface area contributed by atoms with Crippen molar-refractivity contribution in [2.45, 2.75) is 64.8 Å². The third-order valence-corrected chi connectivity index (χ3v) is 7.41. The summed E-state index contributed by atoms with van der Waals surface area (Å²) in [6, 6.07) is 5.69. The van der Waals surface area contributed by atoms with Gasteiger partial charge < -0.3 is 10.2 Å². The lowest BCUT2D eigenvalue weighted by Gasteiger charge is -2.32. The lowest BCUT2D eigenvalue weighted by Crippen LogP contribution is -2.42. The number of allylic oxidation sites excluding steroid dienone is 3. The SMILES string of the molecule is CC1=C2CC=C(CNC(=O)c3cccc4nc(C(=O)N5CCCC[C@@H]5C)cn34)CC(C1)C2. The number of hydrogen-bond acceptors (Lipinski definition) is 3. The third kappa shape index (κ3) is 3.98. The van der Waals surface area contributed by atoms with E-state index in [0.29, 0.717) is 29.5 Å². The van der Waals surface area contributed by atoms with Crippen molar-refractivity contribution in [3.8, 4) is 0 Å². The van der Waals surface area contributed by atoms with Crippen LogP contribution in [0.4, 0.5) is 0 Å². The van der Waals surface area contributed by atoms with E-state index in [1.165, 1.54) is 18.4 Å². The highest BCUT2D eigenvalue weighted by Gasteiger charge is 2.27. The Morgan fingerprint density at radius 2 is 2.06 bits per heavy atom. The van der Waals surface area contributed by atoms with Crippen molar-refractivity contribution in [1.29, 1.82) is 0 Å². The van der Waals surface area contributed by atoms with Gasteiger partial charge in [-0.2, -0.15) is 0 Å². The van der Waals surface area contributed by atoms with Crippen LogP contribution in [-0.4, -0.2) is 45.2 Å². The second kappa shape index (κ2) is 8.57. The first-order valence-corrected chi connectivity index (χ1v) is 11.9. The van der Waals surface area contributed by atoms with E-state index in [1.54, 1.807) is 27.8 Å². The van der Waals surface area contributed by atoms with E-state index in [9.17, 15) is 9.59 Å². The minimum atomic E-state index is -0.135.